The summed E-state index contributed by atoms with van der Waals surface area (Å²) in [5.41, 5.74) is 2.28. The molecule has 0 unspecified atom stereocenters. The highest BCUT2D eigenvalue weighted by Gasteiger charge is 2.51. The van der Waals surface area contributed by atoms with Crippen LogP contribution in [0.15, 0.2) is 30.5 Å². The van der Waals surface area contributed by atoms with Crippen molar-refractivity contribution in [2.75, 3.05) is 5.32 Å². The summed E-state index contributed by atoms with van der Waals surface area (Å²) in [6.07, 6.45) is 1.68. The zero-order valence-electron chi connectivity index (χ0n) is 15.6. The minimum Gasteiger partial charge on any atom is -0.399 e. The summed E-state index contributed by atoms with van der Waals surface area (Å²) in [6.45, 7) is 9.97. The van der Waals surface area contributed by atoms with E-state index in [4.69, 9.17) is 9.31 Å². The van der Waals surface area contributed by atoms with E-state index in [1.54, 1.807) is 17.9 Å². The summed E-state index contributed by atoms with van der Waals surface area (Å²) < 4.78 is 13.7. The number of hydrogen-bond donors (Lipinski definition) is 1. The molecule has 25 heavy (non-hydrogen) atoms. The minimum absolute atomic E-state index is 0.180. The predicted octanol–water partition coefficient (Wildman–Crippen LogP) is 2.28. The maximum Gasteiger partial charge on any atom is 0.494 e. The molecular formula is C18H24BN3O3. The monoisotopic (exact) mass is 341 g/mol. The number of rotatable bonds is 3. The average molecular weight is 341 g/mol. The van der Waals surface area contributed by atoms with Gasteiger partial charge in [-0.2, -0.15) is 5.10 Å². The molecule has 0 radical (unpaired) electrons. The first-order chi connectivity index (χ1) is 11.6. The van der Waals surface area contributed by atoms with E-state index in [9.17, 15) is 4.79 Å². The summed E-state index contributed by atoms with van der Waals surface area (Å²) >= 11 is 0. The summed E-state index contributed by atoms with van der Waals surface area (Å²) in [7, 11) is 1.34. The predicted molar refractivity (Wildman–Crippen MR) is 98.1 cm³/mol. The molecule has 3 rings (SSSR count). The van der Waals surface area contributed by atoms with E-state index in [-0.39, 0.29) is 17.1 Å². The molecule has 0 atom stereocenters. The number of aryl methyl sites for hydroxylation is 2. The van der Waals surface area contributed by atoms with Crippen molar-refractivity contribution in [2.45, 2.75) is 45.8 Å². The SMILES string of the molecule is Cc1cnn(C)c1C(=O)Nc1ccc(B2OC(C)(C)C(C)(C)O2)cc1. The molecule has 1 aromatic heterocycles. The lowest BCUT2D eigenvalue weighted by atomic mass is 9.79. The maximum absolute atomic E-state index is 12.4. The van der Waals surface area contributed by atoms with Crippen molar-refractivity contribution in [3.63, 3.8) is 0 Å². The molecule has 0 aliphatic carbocycles. The Morgan fingerprint density at radius 3 is 2.16 bits per heavy atom. The highest BCUT2D eigenvalue weighted by atomic mass is 16.7. The number of nitrogens with zero attached hydrogens (tertiary/aromatic N) is 2. The molecule has 1 aliphatic heterocycles. The van der Waals surface area contributed by atoms with Crippen molar-refractivity contribution in [1.82, 2.24) is 9.78 Å². The Balaban J connectivity index is 1.72. The lowest BCUT2D eigenvalue weighted by molar-refractivity contribution is 0.00578. The number of hydrogen-bond acceptors (Lipinski definition) is 4. The molecule has 2 aromatic rings. The van der Waals surface area contributed by atoms with Gasteiger partial charge in [0, 0.05) is 12.7 Å². The van der Waals surface area contributed by atoms with Crippen molar-refractivity contribution >= 4 is 24.2 Å². The molecule has 1 N–H and O–H groups in total. The van der Waals surface area contributed by atoms with Crippen LogP contribution in [0.3, 0.4) is 0 Å². The van der Waals surface area contributed by atoms with E-state index >= 15 is 0 Å². The van der Waals surface area contributed by atoms with Gasteiger partial charge in [0.1, 0.15) is 5.69 Å². The van der Waals surface area contributed by atoms with Gasteiger partial charge < -0.3 is 14.6 Å². The Morgan fingerprint density at radius 2 is 1.68 bits per heavy atom. The number of benzene rings is 1. The minimum atomic E-state index is -0.408. The van der Waals surface area contributed by atoms with E-state index < -0.39 is 7.12 Å². The lowest BCUT2D eigenvalue weighted by Gasteiger charge is -2.32. The van der Waals surface area contributed by atoms with Crippen molar-refractivity contribution in [1.29, 1.82) is 0 Å². The molecule has 0 spiro atoms. The van der Waals surface area contributed by atoms with Crippen LogP contribution in [0.2, 0.25) is 0 Å². The number of carbonyl (C=O) groups excluding carboxylic acids is 1. The Bertz CT molecular complexity index is 761. The number of carbonyl (C=O) groups is 1. The van der Waals surface area contributed by atoms with Crippen LogP contribution < -0.4 is 10.8 Å². The fourth-order valence-electron chi connectivity index (χ4n) is 2.77. The van der Waals surface area contributed by atoms with Crippen LogP contribution in [0.5, 0.6) is 0 Å². The highest BCUT2D eigenvalue weighted by Crippen LogP contribution is 2.36. The first-order valence-corrected chi connectivity index (χ1v) is 8.36. The molecule has 0 bridgehead atoms. The van der Waals surface area contributed by atoms with Gasteiger partial charge in [-0.25, -0.2) is 0 Å². The normalized spacial score (nSPS) is 18.4. The average Bonchev–Trinajstić information content (AvgIpc) is 2.96. The van der Waals surface area contributed by atoms with Crippen LogP contribution in [0.25, 0.3) is 0 Å². The van der Waals surface area contributed by atoms with Gasteiger partial charge in [0.2, 0.25) is 0 Å². The van der Waals surface area contributed by atoms with E-state index in [1.807, 2.05) is 58.9 Å². The van der Waals surface area contributed by atoms with E-state index in [1.165, 1.54) is 0 Å². The van der Waals surface area contributed by atoms with Crippen LogP contribution in [0.4, 0.5) is 5.69 Å². The van der Waals surface area contributed by atoms with Gasteiger partial charge in [-0.3, -0.25) is 9.48 Å². The molecule has 0 saturated carbocycles. The van der Waals surface area contributed by atoms with Gasteiger partial charge in [0.25, 0.3) is 5.91 Å². The van der Waals surface area contributed by atoms with E-state index in [0.29, 0.717) is 11.4 Å². The third-order valence-electron chi connectivity index (χ3n) is 5.03. The first kappa shape index (κ1) is 17.7. The van der Waals surface area contributed by atoms with Crippen molar-refractivity contribution < 1.29 is 14.1 Å². The summed E-state index contributed by atoms with van der Waals surface area (Å²) in [5, 5.41) is 6.99. The molecule has 132 valence electrons. The number of anilines is 1. The number of aromatic nitrogens is 2. The topological polar surface area (TPSA) is 65.4 Å². The second-order valence-electron chi connectivity index (χ2n) is 7.46. The lowest BCUT2D eigenvalue weighted by Crippen LogP contribution is -2.41. The van der Waals surface area contributed by atoms with Gasteiger partial charge >= 0.3 is 7.12 Å². The summed E-state index contributed by atoms with van der Waals surface area (Å²) in [4.78, 5) is 12.4. The Morgan fingerprint density at radius 1 is 1.12 bits per heavy atom. The fourth-order valence-corrected chi connectivity index (χ4v) is 2.77. The van der Waals surface area contributed by atoms with Crippen LogP contribution >= 0.6 is 0 Å². The third-order valence-corrected chi connectivity index (χ3v) is 5.03. The fraction of sp³-hybridized carbons (Fsp3) is 0.444. The van der Waals surface area contributed by atoms with Crippen molar-refractivity contribution in [3.05, 3.63) is 41.7 Å². The molecule has 2 heterocycles. The number of amides is 1. The molecule has 1 saturated heterocycles. The van der Waals surface area contributed by atoms with Gasteiger partial charge in [-0.05, 0) is 57.8 Å². The molecule has 1 aliphatic rings. The van der Waals surface area contributed by atoms with Crippen LogP contribution in [0.1, 0.15) is 43.7 Å². The first-order valence-electron chi connectivity index (χ1n) is 8.36. The van der Waals surface area contributed by atoms with E-state index in [2.05, 4.69) is 10.4 Å². The zero-order chi connectivity index (χ0) is 18.4. The summed E-state index contributed by atoms with van der Waals surface area (Å²) in [6, 6.07) is 7.52. The molecule has 1 amide bonds. The molecule has 1 aromatic carbocycles. The van der Waals surface area contributed by atoms with Crippen LogP contribution in [-0.2, 0) is 16.4 Å². The standard InChI is InChI=1S/C18H24BN3O3/c1-12-11-20-22(6)15(12)16(23)21-14-9-7-13(8-10-14)19-24-17(2,3)18(4,5)25-19/h7-11H,1-6H3,(H,21,23). The van der Waals surface area contributed by atoms with Gasteiger partial charge in [-0.1, -0.05) is 12.1 Å². The smallest absolute Gasteiger partial charge is 0.399 e. The third kappa shape index (κ3) is 3.21. The van der Waals surface area contributed by atoms with Gasteiger partial charge in [-0.15, -0.1) is 0 Å². The van der Waals surface area contributed by atoms with Gasteiger partial charge in [0.15, 0.2) is 0 Å². The van der Waals surface area contributed by atoms with Gasteiger partial charge in [0.05, 0.1) is 17.4 Å². The van der Waals surface area contributed by atoms with Crippen molar-refractivity contribution in [2.24, 2.45) is 7.05 Å². The van der Waals surface area contributed by atoms with Crippen LogP contribution in [-0.4, -0.2) is 34.0 Å². The molecule has 7 heteroatoms. The van der Waals surface area contributed by atoms with Crippen molar-refractivity contribution in [3.8, 4) is 0 Å². The van der Waals surface area contributed by atoms with Crippen LogP contribution in [0, 0.1) is 6.92 Å². The second-order valence-corrected chi connectivity index (χ2v) is 7.46. The molecule has 1 fully saturated rings. The highest BCUT2D eigenvalue weighted by molar-refractivity contribution is 6.62. The second kappa shape index (κ2) is 6.00. The zero-order valence-corrected chi connectivity index (χ0v) is 15.6. The van der Waals surface area contributed by atoms with E-state index in [0.717, 1.165) is 11.0 Å². The largest absolute Gasteiger partial charge is 0.494 e. The summed E-state index contributed by atoms with van der Waals surface area (Å²) in [5.74, 6) is -0.180. The Hall–Kier alpha value is -2.12. The molecule has 6 nitrogen and oxygen atoms in total. The molecular weight excluding hydrogens is 317 g/mol. The Kier molecular flexibility index (Phi) is 4.25. The Labute approximate surface area is 148 Å². The quantitative estimate of drug-likeness (QED) is 0.870. The maximum atomic E-state index is 12.4. The number of nitrogens with one attached hydrogen (secondary N) is 1.